The number of nitrogens with one attached hydrogen (secondary N) is 1. The Morgan fingerprint density at radius 1 is 1.19 bits per heavy atom. The highest BCUT2D eigenvalue weighted by molar-refractivity contribution is 5.45. The number of aromatic amines is 1. The van der Waals surface area contributed by atoms with E-state index in [0.29, 0.717) is 11.5 Å². The Kier molecular flexibility index (Phi) is 4.47. The predicted octanol–water partition coefficient (Wildman–Crippen LogP) is 2.83. The maximum absolute atomic E-state index is 11.2. The summed E-state index contributed by atoms with van der Waals surface area (Å²) in [4.78, 5) is 14.0. The second-order valence-electron chi connectivity index (χ2n) is 4.74. The molecule has 0 fully saturated rings. The molecule has 0 saturated carbocycles. The average Bonchev–Trinajstić information content (AvgIpc) is 3.01. The maximum Gasteiger partial charge on any atom is 0.222 e. The average molecular weight is 290 g/mol. The molecule has 2 atom stereocenters. The lowest BCUT2D eigenvalue weighted by atomic mass is 9.89. The van der Waals surface area contributed by atoms with Crippen molar-refractivity contribution < 1.29 is 14.4 Å². The van der Waals surface area contributed by atoms with Crippen LogP contribution in [0.25, 0.3) is 0 Å². The minimum Gasteiger partial charge on any atom is -0.493 e. The van der Waals surface area contributed by atoms with E-state index >= 15 is 0 Å². The highest BCUT2D eigenvalue weighted by Gasteiger charge is 2.31. The molecule has 6 heteroatoms. The standard InChI is InChI=1S/C15H18N2O4/c1-10(17(18)19)15(12-5-4-8-16-12)11-6-7-13(20-2)14(9-11)21-3/h4-10,15-16H,1-3H3. The SMILES string of the molecule is COc1ccc(C(c2ccc[nH]2)C(C)[N+](=O)[O-])cc1OC. The summed E-state index contributed by atoms with van der Waals surface area (Å²) in [6.45, 7) is 1.60. The van der Waals surface area contributed by atoms with Crippen molar-refractivity contribution in [3.63, 3.8) is 0 Å². The number of methoxy groups -OCH3 is 2. The number of H-pyrrole nitrogens is 1. The Morgan fingerprint density at radius 3 is 2.43 bits per heavy atom. The molecule has 2 rings (SSSR count). The van der Waals surface area contributed by atoms with Gasteiger partial charge in [-0.1, -0.05) is 6.07 Å². The lowest BCUT2D eigenvalue weighted by Crippen LogP contribution is -2.25. The molecule has 0 spiro atoms. The third-order valence-corrected chi connectivity index (χ3v) is 3.54. The van der Waals surface area contributed by atoms with Crippen LogP contribution in [0, 0.1) is 10.1 Å². The van der Waals surface area contributed by atoms with E-state index in [1.807, 2.05) is 18.2 Å². The van der Waals surface area contributed by atoms with Crippen LogP contribution < -0.4 is 9.47 Å². The van der Waals surface area contributed by atoms with E-state index in [9.17, 15) is 10.1 Å². The van der Waals surface area contributed by atoms with Crippen molar-refractivity contribution in [1.82, 2.24) is 4.98 Å². The zero-order valence-electron chi connectivity index (χ0n) is 12.2. The van der Waals surface area contributed by atoms with Crippen molar-refractivity contribution in [2.45, 2.75) is 18.9 Å². The molecule has 6 nitrogen and oxygen atoms in total. The molecule has 2 unspecified atom stereocenters. The number of hydrogen-bond donors (Lipinski definition) is 1. The highest BCUT2D eigenvalue weighted by Crippen LogP contribution is 2.35. The minimum absolute atomic E-state index is 0.276. The summed E-state index contributed by atoms with van der Waals surface area (Å²) in [5, 5.41) is 11.2. The zero-order valence-corrected chi connectivity index (χ0v) is 12.2. The van der Waals surface area contributed by atoms with Gasteiger partial charge in [0.15, 0.2) is 11.5 Å². The van der Waals surface area contributed by atoms with Crippen molar-refractivity contribution in [3.05, 3.63) is 57.9 Å². The van der Waals surface area contributed by atoms with Gasteiger partial charge in [0.25, 0.3) is 0 Å². The number of aromatic nitrogens is 1. The molecule has 0 aliphatic rings. The van der Waals surface area contributed by atoms with Crippen LogP contribution >= 0.6 is 0 Å². The summed E-state index contributed by atoms with van der Waals surface area (Å²) < 4.78 is 10.5. The molecule has 1 heterocycles. The normalized spacial score (nSPS) is 13.5. The first kappa shape index (κ1) is 14.9. The summed E-state index contributed by atoms with van der Waals surface area (Å²) in [6.07, 6.45) is 1.76. The fourth-order valence-corrected chi connectivity index (χ4v) is 2.42. The molecule has 0 saturated heterocycles. The minimum atomic E-state index is -0.762. The molecule has 0 radical (unpaired) electrons. The van der Waals surface area contributed by atoms with E-state index in [1.54, 1.807) is 39.5 Å². The molecule has 0 aliphatic carbocycles. The number of nitrogens with zero attached hydrogens (tertiary/aromatic N) is 1. The highest BCUT2D eigenvalue weighted by atomic mass is 16.6. The maximum atomic E-state index is 11.2. The number of rotatable bonds is 6. The summed E-state index contributed by atoms with van der Waals surface area (Å²) in [7, 11) is 3.10. The first-order valence-corrected chi connectivity index (χ1v) is 6.57. The number of hydrogen-bond acceptors (Lipinski definition) is 4. The Labute approximate surface area is 122 Å². The fraction of sp³-hybridized carbons (Fsp3) is 0.333. The van der Waals surface area contributed by atoms with Crippen LogP contribution in [0.1, 0.15) is 24.1 Å². The van der Waals surface area contributed by atoms with Gasteiger partial charge < -0.3 is 14.5 Å². The summed E-state index contributed by atoms with van der Waals surface area (Å²) in [6, 6.07) is 8.28. The molecule has 1 aromatic carbocycles. The smallest absolute Gasteiger partial charge is 0.222 e. The predicted molar refractivity (Wildman–Crippen MR) is 78.6 cm³/mol. The first-order valence-electron chi connectivity index (χ1n) is 6.57. The Balaban J connectivity index is 2.49. The van der Waals surface area contributed by atoms with Crippen molar-refractivity contribution in [2.75, 3.05) is 14.2 Å². The summed E-state index contributed by atoms with van der Waals surface area (Å²) in [5.41, 5.74) is 1.60. The third-order valence-electron chi connectivity index (χ3n) is 3.54. The van der Waals surface area contributed by atoms with E-state index in [-0.39, 0.29) is 10.8 Å². The molecule has 112 valence electrons. The van der Waals surface area contributed by atoms with Crippen LogP contribution in [0.5, 0.6) is 11.5 Å². The molecule has 1 N–H and O–H groups in total. The van der Waals surface area contributed by atoms with Crippen LogP contribution in [-0.4, -0.2) is 30.2 Å². The number of ether oxygens (including phenoxy) is 2. The van der Waals surface area contributed by atoms with E-state index in [4.69, 9.17) is 9.47 Å². The van der Waals surface area contributed by atoms with Gasteiger partial charge >= 0.3 is 0 Å². The van der Waals surface area contributed by atoms with Gasteiger partial charge in [0.05, 0.1) is 20.1 Å². The van der Waals surface area contributed by atoms with Crippen LogP contribution in [-0.2, 0) is 0 Å². The summed E-state index contributed by atoms with van der Waals surface area (Å²) in [5.74, 6) is 0.775. The Hall–Kier alpha value is -2.50. The van der Waals surface area contributed by atoms with Gasteiger partial charge in [-0.25, -0.2) is 0 Å². The van der Waals surface area contributed by atoms with Gasteiger partial charge in [-0.15, -0.1) is 0 Å². The van der Waals surface area contributed by atoms with Gasteiger partial charge in [-0.3, -0.25) is 10.1 Å². The molecule has 21 heavy (non-hydrogen) atoms. The van der Waals surface area contributed by atoms with Gasteiger partial charge in [0.1, 0.15) is 0 Å². The fourth-order valence-electron chi connectivity index (χ4n) is 2.42. The quantitative estimate of drug-likeness (QED) is 0.655. The Morgan fingerprint density at radius 2 is 1.90 bits per heavy atom. The van der Waals surface area contributed by atoms with Crippen molar-refractivity contribution in [1.29, 1.82) is 0 Å². The second kappa shape index (κ2) is 6.30. The molecule has 0 bridgehead atoms. The third kappa shape index (κ3) is 2.99. The van der Waals surface area contributed by atoms with Crippen molar-refractivity contribution >= 4 is 0 Å². The van der Waals surface area contributed by atoms with Crippen LogP contribution in [0.15, 0.2) is 36.5 Å². The number of benzene rings is 1. The zero-order chi connectivity index (χ0) is 15.4. The lowest BCUT2D eigenvalue weighted by molar-refractivity contribution is -0.520. The van der Waals surface area contributed by atoms with E-state index in [2.05, 4.69) is 4.98 Å². The monoisotopic (exact) mass is 290 g/mol. The molecular weight excluding hydrogens is 272 g/mol. The van der Waals surface area contributed by atoms with Gasteiger partial charge in [0.2, 0.25) is 6.04 Å². The Bertz CT molecular complexity index is 610. The van der Waals surface area contributed by atoms with Crippen LogP contribution in [0.2, 0.25) is 0 Å². The topological polar surface area (TPSA) is 77.4 Å². The second-order valence-corrected chi connectivity index (χ2v) is 4.74. The largest absolute Gasteiger partial charge is 0.493 e. The number of nitro groups is 1. The van der Waals surface area contributed by atoms with Crippen LogP contribution in [0.3, 0.4) is 0 Å². The van der Waals surface area contributed by atoms with Crippen molar-refractivity contribution in [3.8, 4) is 11.5 Å². The summed E-state index contributed by atoms with van der Waals surface area (Å²) >= 11 is 0. The molecule has 2 aromatic rings. The lowest BCUT2D eigenvalue weighted by Gasteiger charge is -2.19. The molecule has 0 aliphatic heterocycles. The molecule has 1 aromatic heterocycles. The first-order chi connectivity index (χ1) is 10.1. The van der Waals surface area contributed by atoms with E-state index in [1.165, 1.54) is 0 Å². The van der Waals surface area contributed by atoms with E-state index < -0.39 is 6.04 Å². The molecule has 0 amide bonds. The van der Waals surface area contributed by atoms with E-state index in [0.717, 1.165) is 11.3 Å². The molecular formula is C15H18N2O4. The van der Waals surface area contributed by atoms with Crippen molar-refractivity contribution in [2.24, 2.45) is 0 Å². The van der Waals surface area contributed by atoms with Gasteiger partial charge in [0, 0.05) is 23.7 Å². The van der Waals surface area contributed by atoms with Crippen LogP contribution in [0.4, 0.5) is 0 Å². The van der Waals surface area contributed by atoms with Gasteiger partial charge in [-0.2, -0.15) is 0 Å². The van der Waals surface area contributed by atoms with Gasteiger partial charge in [-0.05, 0) is 29.8 Å².